The maximum atomic E-state index is 9.61. The third-order valence-electron chi connectivity index (χ3n) is 4.24. The van der Waals surface area contributed by atoms with E-state index in [2.05, 4.69) is 30.1 Å². The predicted octanol–water partition coefficient (Wildman–Crippen LogP) is 3.02. The Morgan fingerprint density at radius 2 is 1.88 bits per heavy atom. The fourth-order valence-corrected chi connectivity index (χ4v) is 3.68. The highest BCUT2D eigenvalue weighted by Crippen LogP contribution is 2.24. The number of hydrogen-bond acceptors (Lipinski definition) is 8. The van der Waals surface area contributed by atoms with Crippen LogP contribution in [0.25, 0.3) is 0 Å². The number of rotatable bonds is 4. The molecule has 0 aliphatic carbocycles. The first-order chi connectivity index (χ1) is 12.7. The number of aryl methyl sites for hydroxylation is 1. The van der Waals surface area contributed by atoms with E-state index >= 15 is 0 Å². The SMILES string of the molecule is Cc1cc(N2CCN(c3nccs3)CC2)nc(Nc2cccc(O)c2)n1. The van der Waals surface area contributed by atoms with Gasteiger partial charge in [0.15, 0.2) is 5.13 Å². The molecule has 4 rings (SSSR count). The van der Waals surface area contributed by atoms with Gasteiger partial charge in [0.05, 0.1) is 0 Å². The number of anilines is 4. The van der Waals surface area contributed by atoms with E-state index in [-0.39, 0.29) is 5.75 Å². The van der Waals surface area contributed by atoms with E-state index in [4.69, 9.17) is 0 Å². The van der Waals surface area contributed by atoms with Crippen LogP contribution < -0.4 is 15.1 Å². The molecule has 0 unspecified atom stereocenters. The van der Waals surface area contributed by atoms with Crippen LogP contribution in [0.2, 0.25) is 0 Å². The lowest BCUT2D eigenvalue weighted by molar-refractivity contribution is 0.475. The van der Waals surface area contributed by atoms with Crippen LogP contribution in [-0.4, -0.2) is 46.2 Å². The Bertz CT molecular complexity index is 877. The molecule has 0 radical (unpaired) electrons. The number of nitrogens with one attached hydrogen (secondary N) is 1. The van der Waals surface area contributed by atoms with Crippen molar-refractivity contribution < 1.29 is 5.11 Å². The minimum absolute atomic E-state index is 0.209. The molecule has 3 aromatic rings. The molecule has 0 amide bonds. The van der Waals surface area contributed by atoms with Crippen molar-refractivity contribution >= 4 is 33.9 Å². The van der Waals surface area contributed by atoms with Crippen LogP contribution in [0.4, 0.5) is 22.6 Å². The molecule has 2 aromatic heterocycles. The lowest BCUT2D eigenvalue weighted by Crippen LogP contribution is -2.46. The minimum Gasteiger partial charge on any atom is -0.508 e. The molecule has 0 spiro atoms. The molecule has 3 heterocycles. The van der Waals surface area contributed by atoms with E-state index in [0.717, 1.165) is 48.5 Å². The van der Waals surface area contributed by atoms with Gasteiger partial charge in [0.2, 0.25) is 5.95 Å². The van der Waals surface area contributed by atoms with Gasteiger partial charge in [-0.15, -0.1) is 11.3 Å². The summed E-state index contributed by atoms with van der Waals surface area (Å²) in [5, 5.41) is 15.9. The Kier molecular flexibility index (Phi) is 4.57. The summed E-state index contributed by atoms with van der Waals surface area (Å²) in [4.78, 5) is 18.1. The van der Waals surface area contributed by atoms with Gasteiger partial charge in [0.25, 0.3) is 0 Å². The molecule has 2 N–H and O–H groups in total. The summed E-state index contributed by atoms with van der Waals surface area (Å²) in [5.74, 6) is 1.66. The number of piperazine rings is 1. The number of phenolic OH excluding ortho intramolecular Hbond substituents is 1. The number of aromatic hydroxyl groups is 1. The standard InChI is InChI=1S/C18H20N6OS/c1-13-11-16(22-17(20-13)21-14-3-2-4-15(25)12-14)23-6-8-24(9-7-23)18-19-5-10-26-18/h2-5,10-12,25H,6-9H2,1H3,(H,20,21,22). The Morgan fingerprint density at radius 1 is 1.08 bits per heavy atom. The van der Waals surface area contributed by atoms with Crippen LogP contribution >= 0.6 is 11.3 Å². The van der Waals surface area contributed by atoms with Gasteiger partial charge in [-0.05, 0) is 19.1 Å². The lowest BCUT2D eigenvalue weighted by atomic mass is 10.3. The number of phenols is 1. The van der Waals surface area contributed by atoms with Crippen LogP contribution in [0.3, 0.4) is 0 Å². The first kappa shape index (κ1) is 16.6. The number of aromatic nitrogens is 3. The fourth-order valence-electron chi connectivity index (χ4n) is 2.98. The summed E-state index contributed by atoms with van der Waals surface area (Å²) >= 11 is 1.67. The van der Waals surface area contributed by atoms with Crippen molar-refractivity contribution in [2.24, 2.45) is 0 Å². The van der Waals surface area contributed by atoms with Gasteiger partial charge in [0.1, 0.15) is 11.6 Å². The van der Waals surface area contributed by atoms with E-state index in [1.54, 1.807) is 29.5 Å². The number of thiazole rings is 1. The van der Waals surface area contributed by atoms with Crippen LogP contribution in [0.1, 0.15) is 5.69 Å². The van der Waals surface area contributed by atoms with Gasteiger partial charge in [-0.25, -0.2) is 9.97 Å². The first-order valence-electron chi connectivity index (χ1n) is 8.48. The summed E-state index contributed by atoms with van der Waals surface area (Å²) in [6.07, 6.45) is 1.85. The molecule has 1 aromatic carbocycles. The fraction of sp³-hybridized carbons (Fsp3) is 0.278. The second-order valence-corrected chi connectivity index (χ2v) is 7.03. The van der Waals surface area contributed by atoms with Crippen molar-refractivity contribution in [2.75, 3.05) is 41.3 Å². The van der Waals surface area contributed by atoms with Crippen LogP contribution in [0.15, 0.2) is 41.9 Å². The van der Waals surface area contributed by atoms with Crippen molar-refractivity contribution in [1.82, 2.24) is 15.0 Å². The first-order valence-corrected chi connectivity index (χ1v) is 9.36. The van der Waals surface area contributed by atoms with Gasteiger partial charge in [-0.1, -0.05) is 6.07 Å². The summed E-state index contributed by atoms with van der Waals surface area (Å²) in [6, 6.07) is 8.95. The molecule has 0 saturated carbocycles. The van der Waals surface area contributed by atoms with Crippen LogP contribution in [0, 0.1) is 6.92 Å². The van der Waals surface area contributed by atoms with Crippen molar-refractivity contribution in [3.8, 4) is 5.75 Å². The number of hydrogen-bond donors (Lipinski definition) is 2. The zero-order valence-corrected chi connectivity index (χ0v) is 15.3. The van der Waals surface area contributed by atoms with Gasteiger partial charge in [-0.2, -0.15) is 4.98 Å². The predicted molar refractivity (Wildman–Crippen MR) is 105 cm³/mol. The highest BCUT2D eigenvalue weighted by atomic mass is 32.1. The highest BCUT2D eigenvalue weighted by Gasteiger charge is 2.20. The van der Waals surface area contributed by atoms with Crippen molar-refractivity contribution in [1.29, 1.82) is 0 Å². The van der Waals surface area contributed by atoms with E-state index in [1.165, 1.54) is 0 Å². The normalized spacial score (nSPS) is 14.5. The smallest absolute Gasteiger partial charge is 0.229 e. The average molecular weight is 368 g/mol. The van der Waals surface area contributed by atoms with Crippen LogP contribution in [0.5, 0.6) is 5.75 Å². The summed E-state index contributed by atoms with van der Waals surface area (Å²) in [6.45, 7) is 5.59. The third-order valence-corrected chi connectivity index (χ3v) is 5.07. The summed E-state index contributed by atoms with van der Waals surface area (Å²) < 4.78 is 0. The zero-order valence-electron chi connectivity index (χ0n) is 14.5. The van der Waals surface area contributed by atoms with Crippen molar-refractivity contribution in [2.45, 2.75) is 6.92 Å². The molecule has 1 saturated heterocycles. The number of benzene rings is 1. The Hall–Kier alpha value is -2.87. The lowest BCUT2D eigenvalue weighted by Gasteiger charge is -2.35. The molecule has 0 bridgehead atoms. The largest absolute Gasteiger partial charge is 0.508 e. The minimum atomic E-state index is 0.209. The Labute approximate surface area is 156 Å². The second kappa shape index (κ2) is 7.17. The molecule has 134 valence electrons. The molecule has 7 nitrogen and oxygen atoms in total. The van der Waals surface area contributed by atoms with E-state index in [9.17, 15) is 5.11 Å². The molecule has 1 aliphatic heterocycles. The molecule has 26 heavy (non-hydrogen) atoms. The molecular formula is C18H20N6OS. The summed E-state index contributed by atoms with van der Waals surface area (Å²) in [5.41, 5.74) is 1.66. The maximum absolute atomic E-state index is 9.61. The topological polar surface area (TPSA) is 77.4 Å². The van der Waals surface area contributed by atoms with Crippen molar-refractivity contribution in [3.05, 3.63) is 47.6 Å². The van der Waals surface area contributed by atoms with E-state index in [0.29, 0.717) is 5.95 Å². The van der Waals surface area contributed by atoms with E-state index < -0.39 is 0 Å². The molecular weight excluding hydrogens is 348 g/mol. The molecule has 1 fully saturated rings. The zero-order chi connectivity index (χ0) is 17.9. The van der Waals surface area contributed by atoms with Gasteiger partial charge in [0, 0.05) is 61.3 Å². The molecule has 0 atom stereocenters. The van der Waals surface area contributed by atoms with Gasteiger partial charge in [-0.3, -0.25) is 0 Å². The Morgan fingerprint density at radius 3 is 2.62 bits per heavy atom. The number of nitrogens with zero attached hydrogens (tertiary/aromatic N) is 5. The quantitative estimate of drug-likeness (QED) is 0.733. The highest BCUT2D eigenvalue weighted by molar-refractivity contribution is 7.13. The maximum Gasteiger partial charge on any atom is 0.229 e. The summed E-state index contributed by atoms with van der Waals surface area (Å²) in [7, 11) is 0. The van der Waals surface area contributed by atoms with Gasteiger partial charge < -0.3 is 20.2 Å². The average Bonchev–Trinajstić information content (AvgIpc) is 3.16. The molecule has 8 heteroatoms. The molecule has 1 aliphatic rings. The van der Waals surface area contributed by atoms with E-state index in [1.807, 2.05) is 30.6 Å². The second-order valence-electron chi connectivity index (χ2n) is 6.16. The van der Waals surface area contributed by atoms with Gasteiger partial charge >= 0.3 is 0 Å². The third kappa shape index (κ3) is 3.70. The Balaban J connectivity index is 1.48. The monoisotopic (exact) mass is 368 g/mol. The van der Waals surface area contributed by atoms with Crippen LogP contribution in [-0.2, 0) is 0 Å². The van der Waals surface area contributed by atoms with Crippen molar-refractivity contribution in [3.63, 3.8) is 0 Å².